The van der Waals surface area contributed by atoms with Crippen LogP contribution in [0.15, 0.2) is 0 Å². The van der Waals surface area contributed by atoms with E-state index in [4.69, 9.17) is 0 Å². The lowest BCUT2D eigenvalue weighted by Gasteiger charge is -2.35. The van der Waals surface area contributed by atoms with Gasteiger partial charge in [0.15, 0.2) is 0 Å². The number of rotatable bonds is 0. The fraction of sp³-hybridized carbons (Fsp3) is 1.00. The summed E-state index contributed by atoms with van der Waals surface area (Å²) in [5.74, 6) is 0. The van der Waals surface area contributed by atoms with E-state index in [2.05, 4.69) is 36.4 Å². The maximum Gasteiger partial charge on any atom is 0.0275 e. The summed E-state index contributed by atoms with van der Waals surface area (Å²) in [5, 5.41) is 6.84. The Morgan fingerprint density at radius 1 is 1.08 bits per heavy atom. The summed E-state index contributed by atoms with van der Waals surface area (Å²) in [7, 11) is 2.19. The molecule has 3 nitrogen and oxygen atoms in total. The topological polar surface area (TPSA) is 27.3 Å². The molecular weight excluding hydrogens is 150 g/mol. The van der Waals surface area contributed by atoms with E-state index in [0.29, 0.717) is 0 Å². The number of nitrogens with one attached hydrogen (secondary N) is 2. The summed E-state index contributed by atoms with van der Waals surface area (Å²) in [4.78, 5) is 2.40. The zero-order chi connectivity index (χ0) is 9.03. The third-order valence-corrected chi connectivity index (χ3v) is 2.69. The predicted octanol–water partition coefficient (Wildman–Crippen LogP) is -0.110. The quantitative estimate of drug-likeness (QED) is 0.532. The van der Waals surface area contributed by atoms with Crippen LogP contribution in [0.1, 0.15) is 13.8 Å². The van der Waals surface area contributed by atoms with Gasteiger partial charge in [-0.25, -0.2) is 0 Å². The summed E-state index contributed by atoms with van der Waals surface area (Å²) >= 11 is 0. The van der Waals surface area contributed by atoms with Crippen LogP contribution in [0, 0.1) is 0 Å². The van der Waals surface area contributed by atoms with Gasteiger partial charge in [0, 0.05) is 38.3 Å². The van der Waals surface area contributed by atoms with Gasteiger partial charge in [0.1, 0.15) is 0 Å². The maximum atomic E-state index is 3.44. The highest BCUT2D eigenvalue weighted by atomic mass is 15.2. The van der Waals surface area contributed by atoms with Crippen molar-refractivity contribution in [3.63, 3.8) is 0 Å². The van der Waals surface area contributed by atoms with E-state index >= 15 is 0 Å². The minimum Gasteiger partial charge on any atom is -0.314 e. The minimum absolute atomic E-state index is 0.284. The van der Waals surface area contributed by atoms with E-state index in [1.54, 1.807) is 0 Å². The van der Waals surface area contributed by atoms with E-state index in [-0.39, 0.29) is 5.54 Å². The van der Waals surface area contributed by atoms with Crippen LogP contribution in [0.5, 0.6) is 0 Å². The molecule has 0 saturated carbocycles. The molecule has 1 heterocycles. The molecule has 1 fully saturated rings. The lowest BCUT2D eigenvalue weighted by Crippen LogP contribution is -2.49. The van der Waals surface area contributed by atoms with E-state index in [9.17, 15) is 0 Å². The van der Waals surface area contributed by atoms with Crippen molar-refractivity contribution >= 4 is 0 Å². The first kappa shape index (κ1) is 9.96. The van der Waals surface area contributed by atoms with Gasteiger partial charge < -0.3 is 10.6 Å². The third-order valence-electron chi connectivity index (χ3n) is 2.69. The molecule has 0 aromatic rings. The molecule has 0 radical (unpaired) electrons. The Morgan fingerprint density at radius 3 is 2.50 bits per heavy atom. The molecule has 0 unspecified atom stereocenters. The van der Waals surface area contributed by atoms with Crippen LogP contribution in [-0.4, -0.2) is 50.2 Å². The predicted molar refractivity (Wildman–Crippen MR) is 52.4 cm³/mol. The van der Waals surface area contributed by atoms with E-state index in [1.807, 2.05) is 0 Å². The fourth-order valence-electron chi connectivity index (χ4n) is 1.38. The van der Waals surface area contributed by atoms with E-state index in [1.165, 1.54) is 0 Å². The van der Waals surface area contributed by atoms with Gasteiger partial charge in [0.2, 0.25) is 0 Å². The number of likely N-dealkylation sites (N-methyl/N-ethyl adjacent to an activating group) is 1. The van der Waals surface area contributed by atoms with Crippen LogP contribution in [0.2, 0.25) is 0 Å². The molecule has 12 heavy (non-hydrogen) atoms. The van der Waals surface area contributed by atoms with Crippen LogP contribution in [0.3, 0.4) is 0 Å². The third kappa shape index (κ3) is 2.73. The van der Waals surface area contributed by atoms with Crippen molar-refractivity contribution in [2.45, 2.75) is 19.4 Å². The van der Waals surface area contributed by atoms with Crippen LogP contribution in [0.4, 0.5) is 0 Å². The first-order chi connectivity index (χ1) is 5.63. The molecule has 1 rings (SSSR count). The molecule has 1 saturated heterocycles. The van der Waals surface area contributed by atoms with Gasteiger partial charge in [-0.05, 0) is 20.9 Å². The molecule has 0 aromatic carbocycles. The van der Waals surface area contributed by atoms with Gasteiger partial charge in [-0.3, -0.25) is 4.90 Å². The first-order valence-corrected chi connectivity index (χ1v) is 4.75. The largest absolute Gasteiger partial charge is 0.314 e. The zero-order valence-electron chi connectivity index (χ0n) is 8.48. The monoisotopic (exact) mass is 171 g/mol. The summed E-state index contributed by atoms with van der Waals surface area (Å²) in [6, 6.07) is 0. The smallest absolute Gasteiger partial charge is 0.0275 e. The van der Waals surface area contributed by atoms with E-state index < -0.39 is 0 Å². The Bertz CT molecular complexity index is 134. The Labute approximate surface area is 75.5 Å². The average Bonchev–Trinajstić information content (AvgIpc) is 2.06. The molecule has 0 spiro atoms. The van der Waals surface area contributed by atoms with Gasteiger partial charge >= 0.3 is 0 Å². The Morgan fingerprint density at radius 2 is 1.75 bits per heavy atom. The summed E-state index contributed by atoms with van der Waals surface area (Å²) < 4.78 is 0. The first-order valence-electron chi connectivity index (χ1n) is 4.75. The van der Waals surface area contributed by atoms with Gasteiger partial charge in [0.25, 0.3) is 0 Å². The number of nitrogens with zero attached hydrogens (tertiary/aromatic N) is 1. The van der Waals surface area contributed by atoms with Crippen molar-refractivity contribution in [3.05, 3.63) is 0 Å². The highest BCUT2D eigenvalue weighted by molar-refractivity contribution is 4.83. The molecule has 0 atom stereocenters. The molecule has 2 N–H and O–H groups in total. The molecular formula is C9H21N3. The van der Waals surface area contributed by atoms with Gasteiger partial charge in [-0.15, -0.1) is 0 Å². The lowest BCUT2D eigenvalue weighted by atomic mass is 10.0. The molecule has 1 aliphatic rings. The van der Waals surface area contributed by atoms with Gasteiger partial charge in [-0.2, -0.15) is 0 Å². The van der Waals surface area contributed by atoms with Crippen LogP contribution >= 0.6 is 0 Å². The van der Waals surface area contributed by atoms with E-state index in [0.717, 1.165) is 32.7 Å². The van der Waals surface area contributed by atoms with Crippen LogP contribution in [-0.2, 0) is 0 Å². The normalized spacial score (nSPS) is 27.2. The lowest BCUT2D eigenvalue weighted by molar-refractivity contribution is 0.160. The molecule has 0 aliphatic carbocycles. The van der Waals surface area contributed by atoms with Gasteiger partial charge in [-0.1, -0.05) is 0 Å². The molecule has 1 aliphatic heterocycles. The van der Waals surface area contributed by atoms with Crippen molar-refractivity contribution in [3.8, 4) is 0 Å². The summed E-state index contributed by atoms with van der Waals surface area (Å²) in [6.45, 7) is 10.0. The second-order valence-electron chi connectivity index (χ2n) is 4.16. The minimum atomic E-state index is 0.284. The second kappa shape index (κ2) is 4.21. The molecule has 0 amide bonds. The second-order valence-corrected chi connectivity index (χ2v) is 4.16. The number of hydrogen-bond donors (Lipinski definition) is 2. The maximum absolute atomic E-state index is 3.44. The Hall–Kier alpha value is -0.120. The Kier molecular flexibility index (Phi) is 3.50. The SMILES string of the molecule is CN1CCNCCNCC1(C)C. The molecule has 0 aromatic heterocycles. The standard InChI is InChI=1S/C9H21N3/c1-9(2)8-11-5-4-10-6-7-12(9)3/h10-11H,4-8H2,1-3H3. The van der Waals surface area contributed by atoms with Crippen molar-refractivity contribution < 1.29 is 0 Å². The summed E-state index contributed by atoms with van der Waals surface area (Å²) in [5.41, 5.74) is 0.284. The molecule has 0 bridgehead atoms. The van der Waals surface area contributed by atoms with Crippen LogP contribution < -0.4 is 10.6 Å². The Balaban J connectivity index is 2.47. The van der Waals surface area contributed by atoms with Crippen molar-refractivity contribution in [1.29, 1.82) is 0 Å². The van der Waals surface area contributed by atoms with Crippen molar-refractivity contribution in [2.75, 3.05) is 39.8 Å². The number of hydrogen-bond acceptors (Lipinski definition) is 3. The highest BCUT2D eigenvalue weighted by Crippen LogP contribution is 2.10. The fourth-order valence-corrected chi connectivity index (χ4v) is 1.38. The highest BCUT2D eigenvalue weighted by Gasteiger charge is 2.22. The zero-order valence-corrected chi connectivity index (χ0v) is 8.48. The van der Waals surface area contributed by atoms with Gasteiger partial charge in [0.05, 0.1) is 0 Å². The van der Waals surface area contributed by atoms with Crippen molar-refractivity contribution in [2.24, 2.45) is 0 Å². The average molecular weight is 171 g/mol. The molecule has 3 heteroatoms. The van der Waals surface area contributed by atoms with Crippen LogP contribution in [0.25, 0.3) is 0 Å². The molecule has 72 valence electrons. The summed E-state index contributed by atoms with van der Waals surface area (Å²) in [6.07, 6.45) is 0. The van der Waals surface area contributed by atoms with Crippen molar-refractivity contribution in [1.82, 2.24) is 15.5 Å².